The summed E-state index contributed by atoms with van der Waals surface area (Å²) in [6.07, 6.45) is 6.71. The lowest BCUT2D eigenvalue weighted by molar-refractivity contribution is -0.150. The molecular formula is C10H10BrCl3O3. The molecule has 0 spiro atoms. The normalized spacial score (nSPS) is 12.7. The molecule has 0 aromatic rings. The summed E-state index contributed by atoms with van der Waals surface area (Å²) in [7, 11) is 0. The third-order valence-electron chi connectivity index (χ3n) is 0.890. The largest absolute Gasteiger partial charge is 0.387 e. The van der Waals surface area contributed by atoms with E-state index in [1.807, 2.05) is 12.2 Å². The molecule has 0 aromatic carbocycles. The molecule has 1 aliphatic heterocycles. The molecule has 1 heterocycles. The molecule has 0 unspecified atom stereocenters. The highest BCUT2D eigenvalue weighted by atomic mass is 79.9. The van der Waals surface area contributed by atoms with E-state index in [0.29, 0.717) is 0 Å². The van der Waals surface area contributed by atoms with Crippen molar-refractivity contribution in [1.29, 1.82) is 0 Å². The number of carbonyl (C=O) groups excluding carboxylic acids is 2. The summed E-state index contributed by atoms with van der Waals surface area (Å²) < 4.78 is 2.70. The van der Waals surface area contributed by atoms with E-state index < -0.39 is 14.6 Å². The van der Waals surface area contributed by atoms with Crippen LogP contribution in [0.1, 0.15) is 6.42 Å². The summed E-state index contributed by atoms with van der Waals surface area (Å²) in [6, 6.07) is 0. The molecule has 0 aromatic heterocycles. The van der Waals surface area contributed by atoms with Crippen LogP contribution in [0.25, 0.3) is 0 Å². The molecule has 1 aliphatic rings. The van der Waals surface area contributed by atoms with Crippen molar-refractivity contribution in [1.82, 2.24) is 0 Å². The summed E-state index contributed by atoms with van der Waals surface area (Å²) >= 11 is 17.6. The fourth-order valence-corrected chi connectivity index (χ4v) is 0.421. The van der Waals surface area contributed by atoms with E-state index in [1.54, 1.807) is 0 Å². The smallest absolute Gasteiger partial charge is 0.338 e. The van der Waals surface area contributed by atoms with Crippen molar-refractivity contribution in [3.8, 4) is 0 Å². The van der Waals surface area contributed by atoms with Crippen molar-refractivity contribution in [3.63, 3.8) is 0 Å². The minimum absolute atomic E-state index is 0.579. The number of alkyl halides is 4. The van der Waals surface area contributed by atoms with Crippen molar-refractivity contribution in [2.75, 3.05) is 0 Å². The van der Waals surface area contributed by atoms with Gasteiger partial charge in [0.1, 0.15) is 0 Å². The van der Waals surface area contributed by atoms with Gasteiger partial charge < -0.3 is 4.74 Å². The maximum atomic E-state index is 9.92. The number of esters is 2. The Labute approximate surface area is 123 Å². The highest BCUT2D eigenvalue weighted by molar-refractivity contribution is 9.11. The van der Waals surface area contributed by atoms with Crippen LogP contribution in [0.2, 0.25) is 0 Å². The van der Waals surface area contributed by atoms with Gasteiger partial charge in [0.2, 0.25) is 2.70 Å². The number of rotatable bonds is 2. The van der Waals surface area contributed by atoms with Gasteiger partial charge in [-0.05, 0) is 22.4 Å². The van der Waals surface area contributed by atoms with Crippen molar-refractivity contribution >= 4 is 62.7 Å². The highest BCUT2D eigenvalue weighted by Crippen LogP contribution is 2.32. The van der Waals surface area contributed by atoms with Crippen molar-refractivity contribution in [2.24, 2.45) is 0 Å². The number of allylic oxidation sites excluding steroid dienone is 2. The van der Waals surface area contributed by atoms with Gasteiger partial charge in [-0.3, -0.25) is 0 Å². The van der Waals surface area contributed by atoms with Gasteiger partial charge in [0.15, 0.2) is 0 Å². The second-order valence-electron chi connectivity index (χ2n) is 2.32. The molecule has 0 bridgehead atoms. The van der Waals surface area contributed by atoms with Crippen LogP contribution in [0, 0.1) is 0 Å². The molecule has 0 aliphatic carbocycles. The molecule has 1 rings (SSSR count). The molecule has 0 radical (unpaired) electrons. The fourth-order valence-electron chi connectivity index (χ4n) is 0.421. The lowest BCUT2D eigenvalue weighted by Gasteiger charge is -1.91. The van der Waals surface area contributed by atoms with E-state index in [4.69, 9.17) is 34.8 Å². The molecule has 0 amide bonds. The summed E-state index contributed by atoms with van der Waals surface area (Å²) in [5.74, 6) is -1.16. The predicted molar refractivity (Wildman–Crippen MR) is 74.5 cm³/mol. The van der Waals surface area contributed by atoms with Crippen LogP contribution in [0.3, 0.4) is 0 Å². The number of ether oxygens (including phenoxy) is 1. The number of carbonyl (C=O) groups is 2. The molecule has 96 valence electrons. The van der Waals surface area contributed by atoms with E-state index in [1.165, 1.54) is 0 Å². The molecule has 0 atom stereocenters. The Hall–Kier alpha value is -0.290. The Morgan fingerprint density at radius 3 is 1.53 bits per heavy atom. The Morgan fingerprint density at radius 2 is 1.47 bits per heavy atom. The zero-order valence-electron chi connectivity index (χ0n) is 8.67. The zero-order chi connectivity index (χ0) is 13.9. The van der Waals surface area contributed by atoms with Gasteiger partial charge in [0.25, 0.3) is 0 Å². The predicted octanol–water partition coefficient (Wildman–Crippen LogP) is 4.08. The van der Waals surface area contributed by atoms with E-state index >= 15 is 0 Å². The van der Waals surface area contributed by atoms with Gasteiger partial charge >= 0.3 is 11.9 Å². The van der Waals surface area contributed by atoms with Crippen LogP contribution >= 0.6 is 50.7 Å². The molecular weight excluding hydrogens is 354 g/mol. The zero-order valence-corrected chi connectivity index (χ0v) is 12.5. The summed E-state index contributed by atoms with van der Waals surface area (Å²) in [6.45, 7) is 6.96. The Balaban J connectivity index is 0. The van der Waals surface area contributed by atoms with Gasteiger partial charge in [-0.15, -0.1) is 13.2 Å². The van der Waals surface area contributed by atoms with Crippen LogP contribution in [0.15, 0.2) is 37.5 Å². The summed E-state index contributed by atoms with van der Waals surface area (Å²) in [4.78, 5) is 19.8. The fraction of sp³-hybridized carbons (Fsp3) is 0.200. The number of halogens is 4. The SMILES string of the molecule is C=CCC=C.ClC(Cl)(Cl)Br.O=C1C=CC(=O)O1. The van der Waals surface area contributed by atoms with Gasteiger partial charge in [-0.2, -0.15) is 0 Å². The first-order valence-corrected chi connectivity index (χ1v) is 6.04. The lowest BCUT2D eigenvalue weighted by Crippen LogP contribution is -1.96. The number of hydrogen-bond acceptors (Lipinski definition) is 3. The van der Waals surface area contributed by atoms with Gasteiger partial charge in [0.05, 0.1) is 0 Å². The second-order valence-corrected chi connectivity index (χ2v) is 7.16. The Kier molecular flexibility index (Phi) is 12.2. The van der Waals surface area contributed by atoms with E-state index in [2.05, 4.69) is 33.8 Å². The molecule has 0 saturated carbocycles. The van der Waals surface area contributed by atoms with Crippen LogP contribution in [0.4, 0.5) is 0 Å². The molecule has 0 fully saturated rings. The molecule has 17 heavy (non-hydrogen) atoms. The molecule has 0 saturated heterocycles. The summed E-state index contributed by atoms with van der Waals surface area (Å²) in [5, 5.41) is 0. The lowest BCUT2D eigenvalue weighted by atomic mass is 10.4. The van der Waals surface area contributed by atoms with Gasteiger partial charge in [-0.25, -0.2) is 9.59 Å². The average Bonchev–Trinajstić information content (AvgIpc) is 2.49. The van der Waals surface area contributed by atoms with Crippen molar-refractivity contribution in [2.45, 2.75) is 9.12 Å². The maximum absolute atomic E-state index is 9.92. The molecule has 7 heteroatoms. The standard InChI is InChI=1S/C5H8.C4H2O3.CBrCl3/c1-3-5-4-2;5-3-1-2-4(6)7-3;2-1(3,4)5/h3-4H,1-2,5H2;1-2H;. The van der Waals surface area contributed by atoms with E-state index in [9.17, 15) is 9.59 Å². The first-order valence-electron chi connectivity index (χ1n) is 4.12. The van der Waals surface area contributed by atoms with Crippen molar-refractivity contribution < 1.29 is 14.3 Å². The minimum atomic E-state index is -1.27. The third-order valence-corrected chi connectivity index (χ3v) is 0.890. The van der Waals surface area contributed by atoms with E-state index in [-0.39, 0.29) is 0 Å². The second kappa shape index (κ2) is 10.8. The minimum Gasteiger partial charge on any atom is -0.387 e. The molecule has 0 N–H and O–H groups in total. The van der Waals surface area contributed by atoms with Crippen LogP contribution in [-0.4, -0.2) is 14.6 Å². The first-order chi connectivity index (χ1) is 7.70. The number of cyclic esters (lactones) is 2. The highest BCUT2D eigenvalue weighted by Gasteiger charge is 2.10. The first kappa shape index (κ1) is 19.1. The van der Waals surface area contributed by atoms with E-state index in [0.717, 1.165) is 18.6 Å². The Morgan fingerprint density at radius 1 is 1.18 bits per heavy atom. The number of hydrogen-bond donors (Lipinski definition) is 0. The monoisotopic (exact) mass is 362 g/mol. The van der Waals surface area contributed by atoms with Crippen molar-refractivity contribution in [3.05, 3.63) is 37.5 Å². The van der Waals surface area contributed by atoms with Gasteiger partial charge in [-0.1, -0.05) is 47.0 Å². The quantitative estimate of drug-likeness (QED) is 0.321. The topological polar surface area (TPSA) is 43.4 Å². The van der Waals surface area contributed by atoms with Crippen LogP contribution in [-0.2, 0) is 14.3 Å². The van der Waals surface area contributed by atoms with Crippen LogP contribution in [0.5, 0.6) is 0 Å². The Bertz CT molecular complexity index is 280. The summed E-state index contributed by atoms with van der Waals surface area (Å²) in [5.41, 5.74) is 0. The average molecular weight is 364 g/mol. The third kappa shape index (κ3) is 25.7. The van der Waals surface area contributed by atoms with Crippen LogP contribution < -0.4 is 0 Å². The van der Waals surface area contributed by atoms with Gasteiger partial charge in [0, 0.05) is 12.2 Å². The maximum Gasteiger partial charge on any atom is 0.338 e. The molecule has 3 nitrogen and oxygen atoms in total.